The molecule has 0 aliphatic rings. The molecule has 0 aliphatic carbocycles. The number of carbonyl (C=O) groups is 1. The van der Waals surface area contributed by atoms with Gasteiger partial charge in [0.1, 0.15) is 0 Å². The van der Waals surface area contributed by atoms with E-state index in [1.165, 1.54) is 6.07 Å². The van der Waals surface area contributed by atoms with Gasteiger partial charge < -0.3 is 10.5 Å². The first-order valence-corrected chi connectivity index (χ1v) is 6.39. The Morgan fingerprint density at radius 1 is 1.50 bits per heavy atom. The molecule has 0 radical (unpaired) electrons. The molecule has 0 unspecified atom stereocenters. The molecule has 108 valence electrons. The van der Waals surface area contributed by atoms with Crippen LogP contribution in [0, 0.1) is 11.3 Å². The molecule has 4 nitrogen and oxygen atoms in total. The van der Waals surface area contributed by atoms with Crippen molar-refractivity contribution in [2.45, 2.75) is 17.5 Å². The predicted molar refractivity (Wildman–Crippen MR) is 68.1 cm³/mol. The van der Waals surface area contributed by atoms with Crippen molar-refractivity contribution in [1.29, 1.82) is 5.26 Å². The maximum atomic E-state index is 12.9. The Morgan fingerprint density at radius 3 is 2.65 bits per heavy atom. The molecule has 1 aromatic carbocycles. The number of ether oxygens (including phenoxy) is 1. The summed E-state index contributed by atoms with van der Waals surface area (Å²) in [5.41, 5.74) is 3.53. The standard InChI is InChI=1S/C12H11F3N2O2S/c1-19-11(18)9-7(12(13,14)15)3-4-8(10(9)17)20-6-2-5-16/h3-4H,2,6,17H2,1H3. The minimum Gasteiger partial charge on any atom is -0.465 e. The molecular formula is C12H11F3N2O2S. The lowest BCUT2D eigenvalue weighted by molar-refractivity contribution is -0.138. The van der Waals surface area contributed by atoms with E-state index in [-0.39, 0.29) is 12.1 Å². The van der Waals surface area contributed by atoms with E-state index in [0.717, 1.165) is 24.9 Å². The molecule has 0 bridgehead atoms. The van der Waals surface area contributed by atoms with E-state index in [9.17, 15) is 18.0 Å². The van der Waals surface area contributed by atoms with Crippen LogP contribution < -0.4 is 5.73 Å². The number of anilines is 1. The average Bonchev–Trinajstić information content (AvgIpc) is 2.38. The lowest BCUT2D eigenvalue weighted by Gasteiger charge is -2.15. The molecular weight excluding hydrogens is 293 g/mol. The number of hydrogen-bond donors (Lipinski definition) is 1. The van der Waals surface area contributed by atoms with E-state index in [4.69, 9.17) is 11.0 Å². The van der Waals surface area contributed by atoms with Gasteiger partial charge in [-0.2, -0.15) is 18.4 Å². The van der Waals surface area contributed by atoms with Crippen LogP contribution in [0.1, 0.15) is 22.3 Å². The number of carbonyl (C=O) groups excluding carboxylic acids is 1. The third-order valence-corrected chi connectivity index (χ3v) is 3.45. The Balaban J connectivity index is 3.29. The molecule has 1 aromatic rings. The van der Waals surface area contributed by atoms with Crippen molar-refractivity contribution < 1.29 is 22.7 Å². The highest BCUT2D eigenvalue weighted by atomic mass is 32.2. The number of nitrogen functional groups attached to an aromatic ring is 1. The predicted octanol–water partition coefficient (Wildman–Crippen LogP) is 3.08. The van der Waals surface area contributed by atoms with Crippen LogP contribution in [-0.4, -0.2) is 18.8 Å². The second-order valence-electron chi connectivity index (χ2n) is 3.65. The van der Waals surface area contributed by atoms with Crippen LogP contribution in [0.2, 0.25) is 0 Å². The van der Waals surface area contributed by atoms with Gasteiger partial charge in [-0.15, -0.1) is 11.8 Å². The van der Waals surface area contributed by atoms with Crippen molar-refractivity contribution in [2.75, 3.05) is 18.6 Å². The summed E-state index contributed by atoms with van der Waals surface area (Å²) in [5, 5.41) is 8.43. The van der Waals surface area contributed by atoms with Gasteiger partial charge in [-0.25, -0.2) is 4.79 Å². The van der Waals surface area contributed by atoms with Gasteiger partial charge in [0, 0.05) is 17.1 Å². The number of halogens is 3. The van der Waals surface area contributed by atoms with E-state index in [1.807, 2.05) is 6.07 Å². The Kier molecular flexibility index (Phi) is 5.27. The lowest BCUT2D eigenvalue weighted by atomic mass is 10.1. The zero-order valence-corrected chi connectivity index (χ0v) is 11.3. The second-order valence-corrected chi connectivity index (χ2v) is 4.78. The fraction of sp³-hybridized carbons (Fsp3) is 0.333. The SMILES string of the molecule is COC(=O)c1c(C(F)(F)F)ccc(SCCC#N)c1N. The molecule has 0 aliphatic heterocycles. The molecule has 0 heterocycles. The summed E-state index contributed by atoms with van der Waals surface area (Å²) in [4.78, 5) is 11.8. The number of alkyl halides is 3. The minimum atomic E-state index is -4.70. The second kappa shape index (κ2) is 6.52. The Hall–Kier alpha value is -1.88. The summed E-state index contributed by atoms with van der Waals surface area (Å²) in [6.45, 7) is 0. The zero-order valence-electron chi connectivity index (χ0n) is 10.5. The van der Waals surface area contributed by atoms with Crippen LogP contribution in [0.15, 0.2) is 17.0 Å². The Labute approximate surface area is 117 Å². The molecule has 0 fully saturated rings. The van der Waals surface area contributed by atoms with Crippen LogP contribution in [0.25, 0.3) is 0 Å². The molecule has 20 heavy (non-hydrogen) atoms. The number of hydrogen-bond acceptors (Lipinski definition) is 5. The topological polar surface area (TPSA) is 76.1 Å². The van der Waals surface area contributed by atoms with Crippen LogP contribution in [0.4, 0.5) is 18.9 Å². The fourth-order valence-electron chi connectivity index (χ4n) is 1.49. The molecule has 1 rings (SSSR count). The monoisotopic (exact) mass is 304 g/mol. The van der Waals surface area contributed by atoms with E-state index >= 15 is 0 Å². The van der Waals surface area contributed by atoms with Crippen LogP contribution in [-0.2, 0) is 10.9 Å². The van der Waals surface area contributed by atoms with Gasteiger partial charge in [0.25, 0.3) is 0 Å². The quantitative estimate of drug-likeness (QED) is 0.400. The van der Waals surface area contributed by atoms with E-state index in [1.54, 1.807) is 0 Å². The van der Waals surface area contributed by atoms with Crippen LogP contribution in [0.3, 0.4) is 0 Å². The Bertz CT molecular complexity index is 553. The number of rotatable bonds is 4. The third-order valence-electron chi connectivity index (χ3n) is 2.37. The molecule has 0 spiro atoms. The van der Waals surface area contributed by atoms with E-state index in [2.05, 4.69) is 4.74 Å². The summed E-state index contributed by atoms with van der Waals surface area (Å²) in [5.74, 6) is -0.773. The van der Waals surface area contributed by atoms with Crippen molar-refractivity contribution in [3.05, 3.63) is 23.3 Å². The maximum Gasteiger partial charge on any atom is 0.417 e. The zero-order chi connectivity index (χ0) is 15.3. The molecule has 0 amide bonds. The molecule has 8 heteroatoms. The fourth-order valence-corrected chi connectivity index (χ4v) is 2.33. The van der Waals surface area contributed by atoms with E-state index in [0.29, 0.717) is 10.6 Å². The third kappa shape index (κ3) is 3.57. The Morgan fingerprint density at radius 2 is 2.15 bits per heavy atom. The number of nitrogens with zero attached hydrogens (tertiary/aromatic N) is 1. The van der Waals surface area contributed by atoms with Crippen molar-refractivity contribution >= 4 is 23.4 Å². The van der Waals surface area contributed by atoms with Gasteiger partial charge in [0.05, 0.1) is 30.0 Å². The first-order valence-electron chi connectivity index (χ1n) is 5.40. The summed E-state index contributed by atoms with van der Waals surface area (Å²) in [6, 6.07) is 3.88. The van der Waals surface area contributed by atoms with Crippen molar-refractivity contribution in [3.63, 3.8) is 0 Å². The van der Waals surface area contributed by atoms with Gasteiger partial charge >= 0.3 is 12.1 Å². The first-order chi connectivity index (χ1) is 9.32. The highest BCUT2D eigenvalue weighted by molar-refractivity contribution is 7.99. The van der Waals surface area contributed by atoms with Crippen molar-refractivity contribution in [1.82, 2.24) is 0 Å². The average molecular weight is 304 g/mol. The molecule has 0 aromatic heterocycles. The smallest absolute Gasteiger partial charge is 0.417 e. The number of esters is 1. The van der Waals surface area contributed by atoms with Gasteiger partial charge in [0.2, 0.25) is 0 Å². The first kappa shape index (κ1) is 16.2. The molecule has 0 atom stereocenters. The molecule has 0 saturated heterocycles. The van der Waals surface area contributed by atoms with Gasteiger partial charge in [-0.1, -0.05) is 0 Å². The number of nitriles is 1. The number of thioether (sulfide) groups is 1. The molecule has 0 saturated carbocycles. The maximum absolute atomic E-state index is 12.9. The number of benzene rings is 1. The lowest BCUT2D eigenvalue weighted by Crippen LogP contribution is -2.17. The number of nitrogens with two attached hydrogens (primary N) is 1. The summed E-state index contributed by atoms with van der Waals surface area (Å²) in [7, 11) is 0.984. The minimum absolute atomic E-state index is 0.221. The largest absolute Gasteiger partial charge is 0.465 e. The highest BCUT2D eigenvalue weighted by Crippen LogP contribution is 2.38. The summed E-state index contributed by atoms with van der Waals surface area (Å²) < 4.78 is 42.9. The normalized spacial score (nSPS) is 10.9. The molecule has 2 N–H and O–H groups in total. The van der Waals surface area contributed by atoms with Crippen molar-refractivity contribution in [2.24, 2.45) is 0 Å². The van der Waals surface area contributed by atoms with Crippen molar-refractivity contribution in [3.8, 4) is 6.07 Å². The summed E-state index contributed by atoms with van der Waals surface area (Å²) >= 11 is 1.11. The number of methoxy groups -OCH3 is 1. The van der Waals surface area contributed by atoms with E-state index < -0.39 is 23.3 Å². The van der Waals surface area contributed by atoms with Gasteiger partial charge in [0.15, 0.2) is 0 Å². The van der Waals surface area contributed by atoms with Crippen LogP contribution in [0.5, 0.6) is 0 Å². The van der Waals surface area contributed by atoms with Gasteiger partial charge in [-0.3, -0.25) is 0 Å². The summed E-state index contributed by atoms with van der Waals surface area (Å²) in [6.07, 6.45) is -4.48. The van der Waals surface area contributed by atoms with Crippen LogP contribution >= 0.6 is 11.8 Å². The highest BCUT2D eigenvalue weighted by Gasteiger charge is 2.37. The van der Waals surface area contributed by atoms with Gasteiger partial charge in [-0.05, 0) is 12.1 Å².